The molecule has 2 saturated heterocycles. The van der Waals surface area contributed by atoms with Gasteiger partial charge in [0.1, 0.15) is 5.51 Å². The van der Waals surface area contributed by atoms with E-state index >= 15 is 0 Å². The van der Waals surface area contributed by atoms with E-state index in [-0.39, 0.29) is 0 Å². The van der Waals surface area contributed by atoms with Gasteiger partial charge in [-0.05, 0) is 49.9 Å². The standard InChI is InChI=1S/C14H19N3OS2/c18-13(7-19-14-16-15-8-20-14)17-6-11-2-9-1-10(3-11)5-12(17)4-9/h8-12H,1-7H2. The Kier molecular flexibility index (Phi) is 3.46. The van der Waals surface area contributed by atoms with Gasteiger partial charge in [0.2, 0.25) is 5.91 Å². The first-order valence-electron chi connectivity index (χ1n) is 7.46. The summed E-state index contributed by atoms with van der Waals surface area (Å²) in [5.41, 5.74) is 1.72. The van der Waals surface area contributed by atoms with Gasteiger partial charge < -0.3 is 4.90 Å². The van der Waals surface area contributed by atoms with Gasteiger partial charge in [0.25, 0.3) is 0 Å². The Morgan fingerprint density at radius 2 is 2.00 bits per heavy atom. The lowest BCUT2D eigenvalue weighted by molar-refractivity contribution is -0.131. The summed E-state index contributed by atoms with van der Waals surface area (Å²) in [7, 11) is 0. The maximum Gasteiger partial charge on any atom is 0.233 e. The summed E-state index contributed by atoms with van der Waals surface area (Å²) < 4.78 is 0.902. The van der Waals surface area contributed by atoms with Crippen LogP contribution in [0.3, 0.4) is 0 Å². The second-order valence-corrected chi connectivity index (χ2v) is 8.53. The molecule has 2 aliphatic heterocycles. The first kappa shape index (κ1) is 13.1. The van der Waals surface area contributed by atoms with Crippen molar-refractivity contribution in [2.75, 3.05) is 12.3 Å². The third kappa shape index (κ3) is 2.48. The molecule has 4 nitrogen and oxygen atoms in total. The van der Waals surface area contributed by atoms with Crippen LogP contribution in [0.4, 0.5) is 0 Å². The highest BCUT2D eigenvalue weighted by Crippen LogP contribution is 2.47. The van der Waals surface area contributed by atoms with E-state index in [1.165, 1.54) is 55.2 Å². The fourth-order valence-corrected chi connectivity index (χ4v) is 5.90. The van der Waals surface area contributed by atoms with Crippen LogP contribution in [-0.2, 0) is 4.79 Å². The summed E-state index contributed by atoms with van der Waals surface area (Å²) >= 11 is 3.05. The van der Waals surface area contributed by atoms with Gasteiger partial charge in [0.05, 0.1) is 5.75 Å². The van der Waals surface area contributed by atoms with Crippen molar-refractivity contribution in [3.05, 3.63) is 5.51 Å². The first-order chi connectivity index (χ1) is 9.78. The predicted molar refractivity (Wildman–Crippen MR) is 79.7 cm³/mol. The van der Waals surface area contributed by atoms with Crippen molar-refractivity contribution in [1.82, 2.24) is 15.1 Å². The Hall–Kier alpha value is -0.620. The van der Waals surface area contributed by atoms with Crippen LogP contribution >= 0.6 is 23.1 Å². The number of fused-ring (bicyclic) bond motifs is 1. The van der Waals surface area contributed by atoms with Gasteiger partial charge >= 0.3 is 0 Å². The highest BCUT2D eigenvalue weighted by molar-refractivity contribution is 8.01. The summed E-state index contributed by atoms with van der Waals surface area (Å²) in [6.45, 7) is 1.01. The number of hydrogen-bond donors (Lipinski definition) is 0. The monoisotopic (exact) mass is 309 g/mol. The molecule has 4 fully saturated rings. The Balaban J connectivity index is 1.43. The average Bonchev–Trinajstić information content (AvgIpc) is 2.87. The zero-order valence-electron chi connectivity index (χ0n) is 11.4. The molecule has 1 aromatic rings. The first-order valence-corrected chi connectivity index (χ1v) is 9.33. The van der Waals surface area contributed by atoms with Crippen LogP contribution in [0.15, 0.2) is 9.85 Å². The lowest BCUT2D eigenvalue weighted by Gasteiger charge is -2.39. The predicted octanol–water partition coefficient (Wildman–Crippen LogP) is 2.67. The molecule has 108 valence electrons. The van der Waals surface area contributed by atoms with Crippen LogP contribution in [0.2, 0.25) is 0 Å². The van der Waals surface area contributed by atoms with E-state index in [9.17, 15) is 4.79 Å². The van der Waals surface area contributed by atoms with Crippen molar-refractivity contribution < 1.29 is 4.79 Å². The SMILES string of the molecule is O=C(CSc1nncs1)N1CC2CC3CC(C2)CC1C3. The lowest BCUT2D eigenvalue weighted by Crippen LogP contribution is -2.43. The topological polar surface area (TPSA) is 46.1 Å². The van der Waals surface area contributed by atoms with Gasteiger partial charge in [-0.1, -0.05) is 23.1 Å². The Morgan fingerprint density at radius 3 is 2.70 bits per heavy atom. The van der Waals surface area contributed by atoms with Gasteiger partial charge in [0.15, 0.2) is 4.34 Å². The van der Waals surface area contributed by atoms with Crippen molar-refractivity contribution in [2.45, 2.75) is 42.5 Å². The molecular weight excluding hydrogens is 290 g/mol. The molecule has 0 spiro atoms. The fraction of sp³-hybridized carbons (Fsp3) is 0.786. The van der Waals surface area contributed by atoms with Gasteiger partial charge in [-0.25, -0.2) is 0 Å². The van der Waals surface area contributed by atoms with Crippen LogP contribution in [0, 0.1) is 17.8 Å². The molecule has 2 unspecified atom stereocenters. The number of carbonyl (C=O) groups excluding carboxylic acids is 1. The molecule has 2 atom stereocenters. The van der Waals surface area contributed by atoms with Crippen LogP contribution < -0.4 is 0 Å². The second-order valence-electron chi connectivity index (χ2n) is 6.47. The maximum atomic E-state index is 12.6. The van der Waals surface area contributed by atoms with Gasteiger partial charge in [-0.3, -0.25) is 4.79 Å². The van der Waals surface area contributed by atoms with Crippen molar-refractivity contribution in [1.29, 1.82) is 0 Å². The summed E-state index contributed by atoms with van der Waals surface area (Å²) in [6, 6.07) is 0.522. The number of aromatic nitrogens is 2. The molecule has 0 N–H and O–H groups in total. The van der Waals surface area contributed by atoms with E-state index < -0.39 is 0 Å². The number of amides is 1. The normalized spacial score (nSPS) is 35.3. The minimum absolute atomic E-state index is 0.309. The highest BCUT2D eigenvalue weighted by atomic mass is 32.2. The average molecular weight is 309 g/mol. The molecule has 2 aliphatic carbocycles. The zero-order valence-corrected chi connectivity index (χ0v) is 13.0. The summed E-state index contributed by atoms with van der Waals surface area (Å²) in [5, 5.41) is 7.82. The molecule has 0 radical (unpaired) electrons. The van der Waals surface area contributed by atoms with E-state index in [1.807, 2.05) is 0 Å². The van der Waals surface area contributed by atoms with E-state index in [4.69, 9.17) is 0 Å². The molecule has 2 saturated carbocycles. The zero-order chi connectivity index (χ0) is 13.5. The van der Waals surface area contributed by atoms with Gasteiger partial charge in [-0.15, -0.1) is 10.2 Å². The molecule has 6 heteroatoms. The van der Waals surface area contributed by atoms with Crippen molar-refractivity contribution >= 4 is 29.0 Å². The summed E-state index contributed by atoms with van der Waals surface area (Å²) in [5.74, 6) is 3.38. The molecule has 5 rings (SSSR count). The van der Waals surface area contributed by atoms with Gasteiger partial charge in [-0.2, -0.15) is 0 Å². The molecular formula is C14H19N3OS2. The minimum Gasteiger partial charge on any atom is -0.339 e. The van der Waals surface area contributed by atoms with Gasteiger partial charge in [0, 0.05) is 12.6 Å². The van der Waals surface area contributed by atoms with Crippen LogP contribution in [0.5, 0.6) is 0 Å². The third-order valence-corrected chi connectivity index (χ3v) is 6.93. The largest absolute Gasteiger partial charge is 0.339 e. The van der Waals surface area contributed by atoms with E-state index in [2.05, 4.69) is 15.1 Å². The van der Waals surface area contributed by atoms with E-state index in [0.29, 0.717) is 17.7 Å². The Labute approximate surface area is 127 Å². The highest BCUT2D eigenvalue weighted by Gasteiger charge is 2.43. The fourth-order valence-electron chi connectivity index (χ4n) is 4.52. The Bertz CT molecular complexity index is 479. The number of carbonyl (C=O) groups is 1. The number of thioether (sulfide) groups is 1. The van der Waals surface area contributed by atoms with Crippen molar-refractivity contribution in [2.24, 2.45) is 17.8 Å². The third-order valence-electron chi connectivity index (χ3n) is 5.09. The number of nitrogens with zero attached hydrogens (tertiary/aromatic N) is 3. The minimum atomic E-state index is 0.309. The molecule has 4 aliphatic rings. The van der Waals surface area contributed by atoms with Crippen molar-refractivity contribution in [3.63, 3.8) is 0 Å². The smallest absolute Gasteiger partial charge is 0.233 e. The molecule has 1 aromatic heterocycles. The molecule has 3 heterocycles. The van der Waals surface area contributed by atoms with E-state index in [1.54, 1.807) is 5.51 Å². The molecule has 4 bridgehead atoms. The maximum absolute atomic E-state index is 12.6. The second kappa shape index (κ2) is 5.30. The van der Waals surface area contributed by atoms with Crippen molar-refractivity contribution in [3.8, 4) is 0 Å². The molecule has 1 amide bonds. The van der Waals surface area contributed by atoms with Crippen LogP contribution in [0.25, 0.3) is 0 Å². The summed E-state index contributed by atoms with van der Waals surface area (Å²) in [4.78, 5) is 14.8. The molecule has 20 heavy (non-hydrogen) atoms. The van der Waals surface area contributed by atoms with E-state index in [0.717, 1.165) is 28.6 Å². The van der Waals surface area contributed by atoms with Crippen LogP contribution in [-0.4, -0.2) is 39.3 Å². The number of hydrogen-bond acceptors (Lipinski definition) is 5. The molecule has 0 aromatic carbocycles. The lowest BCUT2D eigenvalue weighted by atomic mass is 9.68. The Morgan fingerprint density at radius 1 is 1.25 bits per heavy atom. The summed E-state index contributed by atoms with van der Waals surface area (Å²) in [6.07, 6.45) is 6.65. The number of rotatable bonds is 3. The van der Waals surface area contributed by atoms with Crippen LogP contribution in [0.1, 0.15) is 32.1 Å². The quantitative estimate of drug-likeness (QED) is 0.805.